The summed E-state index contributed by atoms with van der Waals surface area (Å²) in [6, 6.07) is 54.7. The largest absolute Gasteiger partial charge is 0.459 e. The fraction of sp³-hybridized carbons (Fsp3) is 0.294. The summed E-state index contributed by atoms with van der Waals surface area (Å²) in [6.07, 6.45) is 10.6. The second-order valence-electron chi connectivity index (χ2n) is 24.7. The van der Waals surface area contributed by atoms with Gasteiger partial charge >= 0.3 is 0 Å². The Bertz CT molecular complexity index is 3740. The van der Waals surface area contributed by atoms with E-state index in [9.17, 15) is 0 Å². The first-order valence-electron chi connectivity index (χ1n) is 26.4. The Morgan fingerprint density at radius 3 is 1.82 bits per heavy atom. The number of nitrogens with zero attached hydrogens (tertiary/aromatic N) is 3. The number of benzene rings is 7. The van der Waals surface area contributed by atoms with Crippen LogP contribution in [0.1, 0.15) is 130 Å². The van der Waals surface area contributed by atoms with Crippen LogP contribution in [0.3, 0.4) is 0 Å². The van der Waals surface area contributed by atoms with Crippen LogP contribution in [0.4, 0.5) is 0 Å². The quantitative estimate of drug-likeness (QED) is 0.118. The number of imidazole rings is 1. The number of hydrogen-bond donors (Lipinski definition) is 0. The maximum Gasteiger partial charge on any atom is 0.270 e. The Kier molecular flexibility index (Phi) is 10.7. The highest BCUT2D eigenvalue weighted by Crippen LogP contribution is 2.52. The summed E-state index contributed by atoms with van der Waals surface area (Å²) in [6.45, 7) is 25.8. The van der Waals surface area contributed by atoms with Crippen LogP contribution in [0, 0.1) is 6.33 Å². The summed E-state index contributed by atoms with van der Waals surface area (Å²) < 4.78 is 19.2. The molecule has 0 N–H and O–H groups in total. The van der Waals surface area contributed by atoms with Crippen LogP contribution in [-0.4, -0.2) is 9.55 Å². The van der Waals surface area contributed by atoms with Gasteiger partial charge in [-0.2, -0.15) is 0 Å². The highest BCUT2D eigenvalue weighted by Gasteiger charge is 2.41. The van der Waals surface area contributed by atoms with Gasteiger partial charge in [0.25, 0.3) is 6.33 Å². The molecule has 0 spiro atoms. The number of ether oxygens (including phenoxy) is 1. The lowest BCUT2D eigenvalue weighted by atomic mass is 9.63. The van der Waals surface area contributed by atoms with Crippen molar-refractivity contribution in [1.82, 2.24) is 9.55 Å². The van der Waals surface area contributed by atoms with Crippen molar-refractivity contribution in [2.45, 2.75) is 129 Å². The summed E-state index contributed by atoms with van der Waals surface area (Å²) in [5.41, 5.74) is 18.7. The number of aromatic nitrogens is 3. The van der Waals surface area contributed by atoms with Gasteiger partial charge in [0.15, 0.2) is 0 Å². The average molecular weight is 958 g/mol. The topological polar surface area (TPSA) is 44.1 Å². The second kappa shape index (κ2) is 16.6. The van der Waals surface area contributed by atoms with Crippen molar-refractivity contribution in [3.8, 4) is 56.4 Å². The van der Waals surface area contributed by atoms with Gasteiger partial charge in [0.1, 0.15) is 28.4 Å². The monoisotopic (exact) mass is 958 g/mol. The lowest BCUT2D eigenvalue weighted by molar-refractivity contribution is -0.571. The normalized spacial score (nSPS) is 16.6. The molecule has 73 heavy (non-hydrogen) atoms. The Hall–Kier alpha value is -7.24. The van der Waals surface area contributed by atoms with E-state index in [2.05, 4.69) is 249 Å². The van der Waals surface area contributed by atoms with E-state index in [1.165, 1.54) is 27.8 Å². The minimum Gasteiger partial charge on any atom is -0.459 e. The van der Waals surface area contributed by atoms with Crippen molar-refractivity contribution in [1.29, 1.82) is 0 Å². The van der Waals surface area contributed by atoms with Gasteiger partial charge in [-0.3, -0.25) is 14.1 Å². The maximum absolute atomic E-state index is 7.42. The van der Waals surface area contributed by atoms with Crippen LogP contribution < -0.4 is 9.30 Å². The SMILES string of the molecule is CC(C)(C)c1cc(Oc2cc(-[n+]3[c-]n(-c4c(-c5ccccc5)cccc4-c4ccccc4)c4ccccc43)c3oc4c5c(ccc4c3c2)C(C)(C)CCC5(C)C)cc(-c2cc3c(cn2)C(C)(C)CCC3(C)C)c1. The number of fused-ring (bicyclic) bond motifs is 7. The molecule has 3 heterocycles. The van der Waals surface area contributed by atoms with E-state index in [1.54, 1.807) is 0 Å². The van der Waals surface area contributed by atoms with Gasteiger partial charge in [0.2, 0.25) is 0 Å². The van der Waals surface area contributed by atoms with Gasteiger partial charge in [-0.15, -0.1) is 0 Å². The van der Waals surface area contributed by atoms with Gasteiger partial charge in [0.05, 0.1) is 22.4 Å². The summed E-state index contributed by atoms with van der Waals surface area (Å²) in [5, 5.41) is 2.09. The minimum atomic E-state index is -0.152. The maximum atomic E-state index is 7.42. The fourth-order valence-corrected chi connectivity index (χ4v) is 12.1. The molecular weight excluding hydrogens is 891 g/mol. The van der Waals surface area contributed by atoms with E-state index in [1.807, 2.05) is 0 Å². The zero-order valence-corrected chi connectivity index (χ0v) is 44.5. The van der Waals surface area contributed by atoms with E-state index in [0.717, 1.165) is 109 Å². The van der Waals surface area contributed by atoms with E-state index in [0.29, 0.717) is 5.75 Å². The van der Waals surface area contributed by atoms with Gasteiger partial charge in [0, 0.05) is 28.1 Å². The van der Waals surface area contributed by atoms with Crippen molar-refractivity contribution in [3.63, 3.8) is 0 Å². The predicted molar refractivity (Wildman–Crippen MR) is 301 cm³/mol. The molecule has 0 atom stereocenters. The summed E-state index contributed by atoms with van der Waals surface area (Å²) in [7, 11) is 0. The fourth-order valence-electron chi connectivity index (χ4n) is 12.1. The number of pyridine rings is 1. The number of rotatable bonds is 7. The zero-order chi connectivity index (χ0) is 50.8. The van der Waals surface area contributed by atoms with Gasteiger partial charge in [-0.1, -0.05) is 191 Å². The summed E-state index contributed by atoms with van der Waals surface area (Å²) >= 11 is 0. The standard InChI is InChI=1S/C68H67N3O2/c1-64(2,3)46-35-45(56-40-54-55(41-69-56)67(8,9)32-31-66(54,6)7)36-47(37-46)72-48-38-52-51-29-30-53-60(68(10,11)34-33-65(53,4)5)63(51)73-62(52)59(39-48)70-42-71(58-28-19-18-27-57(58)70)61-49(43-21-14-12-15-22-43)25-20-26-50(61)44-23-16-13-17-24-44/h12-30,35-41H,31-34H2,1-11H3. The molecule has 0 aliphatic heterocycles. The number of furan rings is 1. The first-order chi connectivity index (χ1) is 34.8. The zero-order valence-electron chi connectivity index (χ0n) is 44.5. The number of para-hydroxylation sites is 3. The Morgan fingerprint density at radius 2 is 1.15 bits per heavy atom. The molecule has 2 aliphatic rings. The molecule has 2 aliphatic carbocycles. The molecule has 0 saturated carbocycles. The third-order valence-corrected chi connectivity index (χ3v) is 16.8. The molecule has 0 radical (unpaired) electrons. The molecule has 0 saturated heterocycles. The molecule has 0 amide bonds. The smallest absolute Gasteiger partial charge is 0.270 e. The molecular formula is C68H67N3O2. The van der Waals surface area contributed by atoms with Gasteiger partial charge in [-0.05, 0) is 134 Å². The van der Waals surface area contributed by atoms with Crippen LogP contribution in [0.15, 0.2) is 162 Å². The Morgan fingerprint density at radius 1 is 0.548 bits per heavy atom. The molecule has 10 aromatic rings. The van der Waals surface area contributed by atoms with Crippen LogP contribution >= 0.6 is 0 Å². The molecule has 0 fully saturated rings. The Balaban J connectivity index is 1.11. The molecule has 0 bridgehead atoms. The van der Waals surface area contributed by atoms with Crippen molar-refractivity contribution in [2.75, 3.05) is 0 Å². The van der Waals surface area contributed by atoms with Crippen molar-refractivity contribution in [2.24, 2.45) is 0 Å². The highest BCUT2D eigenvalue weighted by molar-refractivity contribution is 6.09. The molecule has 366 valence electrons. The lowest BCUT2D eigenvalue weighted by Gasteiger charge is -2.41. The summed E-state index contributed by atoms with van der Waals surface area (Å²) in [4.78, 5) is 5.20. The van der Waals surface area contributed by atoms with Crippen LogP contribution in [0.2, 0.25) is 0 Å². The van der Waals surface area contributed by atoms with Crippen molar-refractivity contribution in [3.05, 3.63) is 192 Å². The molecule has 12 rings (SSSR count). The average Bonchev–Trinajstić information content (AvgIpc) is 3.95. The highest BCUT2D eigenvalue weighted by atomic mass is 16.5. The van der Waals surface area contributed by atoms with Crippen LogP contribution in [-0.2, 0) is 27.1 Å². The second-order valence-corrected chi connectivity index (χ2v) is 24.7. The molecule has 5 nitrogen and oxygen atoms in total. The first-order valence-corrected chi connectivity index (χ1v) is 26.4. The molecule has 5 heteroatoms. The predicted octanol–water partition coefficient (Wildman–Crippen LogP) is 17.8. The molecule has 7 aromatic carbocycles. The Labute approximate surface area is 431 Å². The van der Waals surface area contributed by atoms with E-state index < -0.39 is 0 Å². The summed E-state index contributed by atoms with van der Waals surface area (Å²) in [5.74, 6) is 1.48. The minimum absolute atomic E-state index is 0.0162. The van der Waals surface area contributed by atoms with Gasteiger partial charge in [-0.25, -0.2) is 0 Å². The lowest BCUT2D eigenvalue weighted by Crippen LogP contribution is -2.34. The van der Waals surface area contributed by atoms with Gasteiger partial charge < -0.3 is 9.15 Å². The third kappa shape index (κ3) is 7.89. The van der Waals surface area contributed by atoms with E-state index in [-0.39, 0.29) is 27.1 Å². The van der Waals surface area contributed by atoms with Crippen molar-refractivity contribution < 1.29 is 13.7 Å². The molecule has 3 aromatic heterocycles. The molecule has 0 unspecified atom stereocenters. The van der Waals surface area contributed by atoms with E-state index >= 15 is 0 Å². The van der Waals surface area contributed by atoms with E-state index in [4.69, 9.17) is 14.1 Å². The van der Waals surface area contributed by atoms with Crippen LogP contribution in [0.25, 0.3) is 77.9 Å². The third-order valence-electron chi connectivity index (χ3n) is 16.8. The van der Waals surface area contributed by atoms with Crippen LogP contribution in [0.5, 0.6) is 11.5 Å². The van der Waals surface area contributed by atoms with Crippen molar-refractivity contribution >= 4 is 33.0 Å². The number of hydrogen-bond acceptors (Lipinski definition) is 3. The first kappa shape index (κ1) is 46.8.